The second-order valence-electron chi connectivity index (χ2n) is 7.16. The van der Waals surface area contributed by atoms with Gasteiger partial charge in [0.25, 0.3) is 0 Å². The number of carbonyl (C=O) groups excluding carboxylic acids is 2. The Labute approximate surface area is 149 Å². The smallest absolute Gasteiger partial charge is 0.337 e. The highest BCUT2D eigenvalue weighted by Gasteiger charge is 2.30. The van der Waals surface area contributed by atoms with Crippen molar-refractivity contribution in [3.63, 3.8) is 0 Å². The number of ether oxygens (including phenoxy) is 1. The molecule has 0 bridgehead atoms. The van der Waals surface area contributed by atoms with Gasteiger partial charge in [0.15, 0.2) is 0 Å². The molecule has 2 fully saturated rings. The van der Waals surface area contributed by atoms with Crippen LogP contribution in [0.4, 0.5) is 0 Å². The summed E-state index contributed by atoms with van der Waals surface area (Å²) in [6.45, 7) is 6.08. The van der Waals surface area contributed by atoms with Crippen LogP contribution in [0.1, 0.15) is 54.4 Å². The molecule has 1 aromatic carbocycles. The van der Waals surface area contributed by atoms with E-state index in [4.69, 9.17) is 4.74 Å². The molecule has 5 heteroatoms. The van der Waals surface area contributed by atoms with Gasteiger partial charge in [0.1, 0.15) is 0 Å². The van der Waals surface area contributed by atoms with Gasteiger partial charge in [-0.3, -0.25) is 9.69 Å². The van der Waals surface area contributed by atoms with Crippen LogP contribution in [0, 0.1) is 0 Å². The summed E-state index contributed by atoms with van der Waals surface area (Å²) in [5, 5.41) is 0. The second kappa shape index (κ2) is 8.00. The number of esters is 1. The molecule has 1 unspecified atom stereocenters. The van der Waals surface area contributed by atoms with Crippen LogP contribution in [0.25, 0.3) is 0 Å². The average Bonchev–Trinajstić information content (AvgIpc) is 3.05. The third-order valence-electron chi connectivity index (χ3n) is 5.61. The number of benzene rings is 1. The van der Waals surface area contributed by atoms with Crippen LogP contribution >= 0.6 is 0 Å². The third kappa shape index (κ3) is 4.03. The summed E-state index contributed by atoms with van der Waals surface area (Å²) < 4.78 is 4.73. The number of rotatable bonds is 5. The Balaban J connectivity index is 1.62. The van der Waals surface area contributed by atoms with E-state index in [1.807, 2.05) is 17.0 Å². The Morgan fingerprint density at radius 2 is 1.84 bits per heavy atom. The van der Waals surface area contributed by atoms with Crippen LogP contribution in [-0.2, 0) is 9.53 Å². The minimum atomic E-state index is -0.345. The van der Waals surface area contributed by atoms with Crippen molar-refractivity contribution in [3.8, 4) is 0 Å². The van der Waals surface area contributed by atoms with Gasteiger partial charge in [-0.15, -0.1) is 0 Å². The third-order valence-corrected chi connectivity index (χ3v) is 5.61. The van der Waals surface area contributed by atoms with E-state index in [1.54, 1.807) is 12.1 Å². The number of carbonyl (C=O) groups is 2. The molecule has 0 N–H and O–H groups in total. The molecule has 0 spiro atoms. The first-order valence-electron chi connectivity index (χ1n) is 9.31. The second-order valence-corrected chi connectivity index (χ2v) is 7.16. The van der Waals surface area contributed by atoms with Gasteiger partial charge in [-0.05, 0) is 56.8 Å². The number of likely N-dealkylation sites (tertiary alicyclic amines) is 2. The monoisotopic (exact) mass is 344 g/mol. The van der Waals surface area contributed by atoms with Gasteiger partial charge in [0, 0.05) is 25.7 Å². The molecule has 2 atom stereocenters. The minimum absolute atomic E-state index is 0.0866. The summed E-state index contributed by atoms with van der Waals surface area (Å²) in [5.41, 5.74) is 1.52. The van der Waals surface area contributed by atoms with E-state index in [0.717, 1.165) is 44.6 Å². The Bertz CT molecular complexity index is 614. The summed E-state index contributed by atoms with van der Waals surface area (Å²) in [7, 11) is 1.38. The van der Waals surface area contributed by atoms with Crippen LogP contribution in [0.3, 0.4) is 0 Å². The van der Waals surface area contributed by atoms with Crippen LogP contribution in [0.2, 0.25) is 0 Å². The molecule has 3 rings (SSSR count). The van der Waals surface area contributed by atoms with Crippen LogP contribution in [0.15, 0.2) is 24.3 Å². The molecular formula is C20H28N2O3. The van der Waals surface area contributed by atoms with E-state index < -0.39 is 0 Å². The summed E-state index contributed by atoms with van der Waals surface area (Å²) in [6.07, 6.45) is 4.45. The highest BCUT2D eigenvalue weighted by molar-refractivity contribution is 5.90. The van der Waals surface area contributed by atoms with Crippen molar-refractivity contribution < 1.29 is 14.3 Å². The zero-order valence-electron chi connectivity index (χ0n) is 15.2. The molecule has 0 aromatic heterocycles. The Morgan fingerprint density at radius 1 is 1.12 bits per heavy atom. The van der Waals surface area contributed by atoms with Gasteiger partial charge >= 0.3 is 5.97 Å². The van der Waals surface area contributed by atoms with Crippen LogP contribution in [0.5, 0.6) is 0 Å². The summed E-state index contributed by atoms with van der Waals surface area (Å²) >= 11 is 0. The zero-order valence-corrected chi connectivity index (χ0v) is 15.2. The first kappa shape index (κ1) is 17.9. The Kier molecular flexibility index (Phi) is 5.74. The van der Waals surface area contributed by atoms with E-state index in [0.29, 0.717) is 11.6 Å². The first-order chi connectivity index (χ1) is 12.1. The van der Waals surface area contributed by atoms with Gasteiger partial charge in [0.2, 0.25) is 5.91 Å². The van der Waals surface area contributed by atoms with Crippen LogP contribution in [-0.4, -0.2) is 61.0 Å². The maximum Gasteiger partial charge on any atom is 0.337 e. The van der Waals surface area contributed by atoms with Crippen molar-refractivity contribution in [2.24, 2.45) is 0 Å². The van der Waals surface area contributed by atoms with Crippen molar-refractivity contribution in [1.29, 1.82) is 0 Å². The number of hydrogen-bond donors (Lipinski definition) is 0. The molecular weight excluding hydrogens is 316 g/mol. The Morgan fingerprint density at radius 3 is 2.48 bits per heavy atom. The molecule has 5 nitrogen and oxygen atoms in total. The van der Waals surface area contributed by atoms with E-state index in [2.05, 4.69) is 11.8 Å². The van der Waals surface area contributed by atoms with Crippen molar-refractivity contribution in [2.75, 3.05) is 33.3 Å². The quantitative estimate of drug-likeness (QED) is 0.771. The lowest BCUT2D eigenvalue weighted by molar-refractivity contribution is -0.135. The summed E-state index contributed by atoms with van der Waals surface area (Å²) in [6, 6.07) is 7.92. The molecule has 0 radical (unpaired) electrons. The molecule has 2 saturated heterocycles. The molecule has 25 heavy (non-hydrogen) atoms. The largest absolute Gasteiger partial charge is 0.465 e. The normalized spacial score (nSPS) is 24.6. The predicted octanol–water partition coefficient (Wildman–Crippen LogP) is 2.66. The van der Waals surface area contributed by atoms with Crippen molar-refractivity contribution in [1.82, 2.24) is 9.80 Å². The van der Waals surface area contributed by atoms with Gasteiger partial charge in [-0.1, -0.05) is 12.1 Å². The summed E-state index contributed by atoms with van der Waals surface area (Å²) in [5.74, 6) is -0.205. The predicted molar refractivity (Wildman–Crippen MR) is 96.6 cm³/mol. The highest BCUT2D eigenvalue weighted by atomic mass is 16.5. The molecule has 136 valence electrons. The number of methoxy groups -OCH3 is 1. The maximum atomic E-state index is 12.9. The molecule has 2 aliphatic heterocycles. The first-order valence-corrected chi connectivity index (χ1v) is 9.31. The number of piperidine rings is 1. The standard InChI is InChI=1S/C20H28N2O3/c1-15-5-3-11-21(15)13-14-22-12-4-6-18(19(22)23)16-7-9-17(10-8-16)20(24)25-2/h7-10,15,18H,3-6,11-14H2,1-2H3/t15-,18?/m0/s1. The fourth-order valence-electron chi connectivity index (χ4n) is 4.02. The lowest BCUT2D eigenvalue weighted by Crippen LogP contribution is -2.44. The van der Waals surface area contributed by atoms with Crippen molar-refractivity contribution in [2.45, 2.75) is 44.6 Å². The van der Waals surface area contributed by atoms with E-state index in [9.17, 15) is 9.59 Å². The topological polar surface area (TPSA) is 49.9 Å². The highest BCUT2D eigenvalue weighted by Crippen LogP contribution is 2.28. The summed E-state index contributed by atoms with van der Waals surface area (Å²) in [4.78, 5) is 29.0. The molecule has 1 aromatic rings. The Hall–Kier alpha value is -1.88. The lowest BCUT2D eigenvalue weighted by Gasteiger charge is -2.34. The van der Waals surface area contributed by atoms with Crippen molar-refractivity contribution in [3.05, 3.63) is 35.4 Å². The van der Waals surface area contributed by atoms with E-state index in [-0.39, 0.29) is 17.8 Å². The SMILES string of the molecule is COC(=O)c1ccc(C2CCCN(CCN3CCC[C@@H]3C)C2=O)cc1. The molecule has 1 amide bonds. The van der Waals surface area contributed by atoms with Gasteiger partial charge in [0.05, 0.1) is 18.6 Å². The fourth-order valence-corrected chi connectivity index (χ4v) is 4.02. The fraction of sp³-hybridized carbons (Fsp3) is 0.600. The van der Waals surface area contributed by atoms with Crippen molar-refractivity contribution >= 4 is 11.9 Å². The number of hydrogen-bond acceptors (Lipinski definition) is 4. The van der Waals surface area contributed by atoms with Gasteiger partial charge in [-0.25, -0.2) is 4.79 Å². The maximum absolute atomic E-state index is 12.9. The minimum Gasteiger partial charge on any atom is -0.465 e. The van der Waals surface area contributed by atoms with E-state index >= 15 is 0 Å². The molecule has 2 aliphatic rings. The molecule has 2 heterocycles. The average molecular weight is 344 g/mol. The molecule has 0 saturated carbocycles. The van der Waals surface area contributed by atoms with Gasteiger partial charge in [-0.2, -0.15) is 0 Å². The van der Waals surface area contributed by atoms with Gasteiger partial charge < -0.3 is 9.64 Å². The number of amides is 1. The number of nitrogens with zero attached hydrogens (tertiary/aromatic N) is 2. The molecule has 0 aliphatic carbocycles. The van der Waals surface area contributed by atoms with E-state index in [1.165, 1.54) is 20.0 Å². The van der Waals surface area contributed by atoms with Crippen LogP contribution < -0.4 is 0 Å². The lowest BCUT2D eigenvalue weighted by atomic mass is 9.89. The zero-order chi connectivity index (χ0) is 17.8.